The maximum Gasteiger partial charge on any atom is 0.472 e. The van der Waals surface area contributed by atoms with E-state index in [1.807, 2.05) is 6.92 Å². The second kappa shape index (κ2) is 10.8. The molecule has 0 aromatic heterocycles. The van der Waals surface area contributed by atoms with Crippen LogP contribution < -0.4 is 10.9 Å². The lowest BCUT2D eigenvalue weighted by atomic mass is 10.1. The molecular formula is C19H25F3N4O4. The van der Waals surface area contributed by atoms with Gasteiger partial charge < -0.3 is 14.5 Å². The Morgan fingerprint density at radius 3 is 2.30 bits per heavy atom. The molecular weight excluding hydrogens is 405 g/mol. The number of carbonyl (C=O) groups excluding carboxylic acids is 3. The van der Waals surface area contributed by atoms with Crippen LogP contribution in [0.2, 0.25) is 0 Å². The molecule has 0 radical (unpaired) electrons. The highest BCUT2D eigenvalue weighted by Crippen LogP contribution is 2.14. The van der Waals surface area contributed by atoms with Crippen molar-refractivity contribution in [2.45, 2.75) is 32.5 Å². The van der Waals surface area contributed by atoms with Crippen LogP contribution >= 0.6 is 0 Å². The Balaban J connectivity index is 1.97. The number of morpholine rings is 1. The first-order valence-electron chi connectivity index (χ1n) is 9.60. The van der Waals surface area contributed by atoms with Gasteiger partial charge in [-0.3, -0.25) is 20.4 Å². The molecule has 166 valence electrons. The Labute approximate surface area is 172 Å². The van der Waals surface area contributed by atoms with Crippen molar-refractivity contribution in [1.29, 1.82) is 0 Å². The molecule has 0 unspecified atom stereocenters. The monoisotopic (exact) mass is 430 g/mol. The van der Waals surface area contributed by atoms with Crippen LogP contribution in [0.25, 0.3) is 0 Å². The van der Waals surface area contributed by atoms with E-state index in [0.29, 0.717) is 39.4 Å². The first kappa shape index (κ1) is 23.5. The Bertz CT molecular complexity index is 734. The Morgan fingerprint density at radius 1 is 1.10 bits per heavy atom. The van der Waals surface area contributed by atoms with Crippen LogP contribution in [0.15, 0.2) is 24.3 Å². The summed E-state index contributed by atoms with van der Waals surface area (Å²) in [6.07, 6.45) is -3.32. The second-order valence-electron chi connectivity index (χ2n) is 6.76. The zero-order chi connectivity index (χ0) is 22.1. The van der Waals surface area contributed by atoms with Gasteiger partial charge in [-0.05, 0) is 24.1 Å². The van der Waals surface area contributed by atoms with Gasteiger partial charge in [-0.2, -0.15) is 13.2 Å². The SMILES string of the molecule is CCCCN(Cc1ccc(C(=O)NNC(=O)C(F)(F)F)cc1)C(=O)N1CCOCC1. The smallest absolute Gasteiger partial charge is 0.378 e. The minimum absolute atomic E-state index is 0.0702. The number of hydrogen-bond acceptors (Lipinski definition) is 4. The third kappa shape index (κ3) is 6.90. The molecule has 0 saturated carbocycles. The average molecular weight is 430 g/mol. The first-order valence-corrected chi connectivity index (χ1v) is 9.60. The van der Waals surface area contributed by atoms with Crippen LogP contribution in [-0.4, -0.2) is 66.7 Å². The van der Waals surface area contributed by atoms with E-state index in [0.717, 1.165) is 18.4 Å². The topological polar surface area (TPSA) is 91.0 Å². The van der Waals surface area contributed by atoms with Crippen molar-refractivity contribution in [3.05, 3.63) is 35.4 Å². The minimum Gasteiger partial charge on any atom is -0.378 e. The van der Waals surface area contributed by atoms with Crippen LogP contribution in [-0.2, 0) is 16.1 Å². The molecule has 1 saturated heterocycles. The molecule has 0 aliphatic carbocycles. The van der Waals surface area contributed by atoms with E-state index >= 15 is 0 Å². The third-order valence-electron chi connectivity index (χ3n) is 4.47. The van der Waals surface area contributed by atoms with E-state index in [1.165, 1.54) is 17.6 Å². The summed E-state index contributed by atoms with van der Waals surface area (Å²) in [4.78, 5) is 38.9. The van der Waals surface area contributed by atoms with Crippen molar-refractivity contribution in [3.63, 3.8) is 0 Å². The maximum absolute atomic E-state index is 12.8. The number of urea groups is 1. The number of unbranched alkanes of at least 4 members (excludes halogenated alkanes) is 1. The van der Waals surface area contributed by atoms with Gasteiger partial charge in [0, 0.05) is 31.7 Å². The summed E-state index contributed by atoms with van der Waals surface area (Å²) < 4.78 is 41.8. The molecule has 1 heterocycles. The quantitative estimate of drug-likeness (QED) is 0.676. The predicted molar refractivity (Wildman–Crippen MR) is 101 cm³/mol. The van der Waals surface area contributed by atoms with Crippen molar-refractivity contribution in [2.75, 3.05) is 32.8 Å². The number of halogens is 3. The number of hydrogen-bond donors (Lipinski definition) is 2. The number of alkyl halides is 3. The number of benzene rings is 1. The van der Waals surface area contributed by atoms with Gasteiger partial charge in [-0.25, -0.2) is 4.79 Å². The number of nitrogens with one attached hydrogen (secondary N) is 2. The lowest BCUT2D eigenvalue weighted by Crippen LogP contribution is -2.48. The molecule has 8 nitrogen and oxygen atoms in total. The highest BCUT2D eigenvalue weighted by atomic mass is 19.4. The number of hydrazine groups is 1. The summed E-state index contributed by atoms with van der Waals surface area (Å²) in [6.45, 7) is 5.02. The van der Waals surface area contributed by atoms with E-state index in [1.54, 1.807) is 27.4 Å². The summed E-state index contributed by atoms with van der Waals surface area (Å²) in [7, 11) is 0. The number of amides is 4. The number of rotatable bonds is 6. The van der Waals surface area contributed by atoms with E-state index in [2.05, 4.69) is 0 Å². The van der Waals surface area contributed by atoms with Gasteiger partial charge in [0.05, 0.1) is 13.2 Å². The van der Waals surface area contributed by atoms with Crippen LogP contribution in [0.5, 0.6) is 0 Å². The van der Waals surface area contributed by atoms with Crippen LogP contribution in [0, 0.1) is 0 Å². The van der Waals surface area contributed by atoms with E-state index < -0.39 is 18.0 Å². The molecule has 4 amide bonds. The molecule has 11 heteroatoms. The van der Waals surface area contributed by atoms with Crippen molar-refractivity contribution in [2.24, 2.45) is 0 Å². The highest BCUT2D eigenvalue weighted by molar-refractivity contribution is 5.95. The number of carbonyl (C=O) groups is 3. The zero-order valence-corrected chi connectivity index (χ0v) is 16.6. The van der Waals surface area contributed by atoms with E-state index in [-0.39, 0.29) is 11.6 Å². The summed E-state index contributed by atoms with van der Waals surface area (Å²) in [5, 5.41) is 0. The van der Waals surface area contributed by atoms with Gasteiger partial charge in [0.15, 0.2) is 0 Å². The van der Waals surface area contributed by atoms with Gasteiger partial charge in [-0.1, -0.05) is 25.5 Å². The second-order valence-corrected chi connectivity index (χ2v) is 6.76. The molecule has 1 aromatic rings. The fraction of sp³-hybridized carbons (Fsp3) is 0.526. The highest BCUT2D eigenvalue weighted by Gasteiger charge is 2.39. The van der Waals surface area contributed by atoms with Crippen molar-refractivity contribution in [1.82, 2.24) is 20.7 Å². The molecule has 30 heavy (non-hydrogen) atoms. The molecule has 1 fully saturated rings. The van der Waals surface area contributed by atoms with Gasteiger partial charge in [-0.15, -0.1) is 0 Å². The first-order chi connectivity index (χ1) is 14.2. The lowest BCUT2D eigenvalue weighted by molar-refractivity contribution is -0.174. The van der Waals surface area contributed by atoms with E-state index in [4.69, 9.17) is 4.74 Å². The fourth-order valence-electron chi connectivity index (χ4n) is 2.78. The summed E-state index contributed by atoms with van der Waals surface area (Å²) in [5.41, 5.74) is 3.86. The van der Waals surface area contributed by atoms with Gasteiger partial charge in [0.25, 0.3) is 5.91 Å². The molecule has 0 atom stereocenters. The zero-order valence-electron chi connectivity index (χ0n) is 16.6. The average Bonchev–Trinajstić information content (AvgIpc) is 2.74. The molecule has 2 rings (SSSR count). The van der Waals surface area contributed by atoms with Crippen LogP contribution in [0.1, 0.15) is 35.7 Å². The largest absolute Gasteiger partial charge is 0.472 e. The fourth-order valence-corrected chi connectivity index (χ4v) is 2.78. The van der Waals surface area contributed by atoms with Crippen molar-refractivity contribution in [3.8, 4) is 0 Å². The summed E-state index contributed by atoms with van der Waals surface area (Å²) in [6, 6.07) is 5.99. The number of ether oxygens (including phenoxy) is 1. The summed E-state index contributed by atoms with van der Waals surface area (Å²) >= 11 is 0. The summed E-state index contributed by atoms with van der Waals surface area (Å²) in [5.74, 6) is -3.15. The lowest BCUT2D eigenvalue weighted by Gasteiger charge is -2.33. The van der Waals surface area contributed by atoms with E-state index in [9.17, 15) is 27.6 Å². The van der Waals surface area contributed by atoms with Crippen molar-refractivity contribution < 1.29 is 32.3 Å². The standard InChI is InChI=1S/C19H25F3N4O4/c1-2-3-8-26(18(29)25-9-11-30-12-10-25)13-14-4-6-15(7-5-14)16(27)23-24-17(28)19(20,21)22/h4-7H,2-3,8-13H2,1H3,(H,23,27)(H,24,28). The minimum atomic E-state index is -5.09. The van der Waals surface area contributed by atoms with Gasteiger partial charge in [0.1, 0.15) is 0 Å². The molecule has 0 bridgehead atoms. The predicted octanol–water partition coefficient (Wildman–Crippen LogP) is 2.06. The Morgan fingerprint density at radius 2 is 1.73 bits per heavy atom. The Hall–Kier alpha value is -2.82. The van der Waals surface area contributed by atoms with Crippen molar-refractivity contribution >= 4 is 17.8 Å². The molecule has 1 aromatic carbocycles. The number of nitrogens with zero attached hydrogens (tertiary/aromatic N) is 2. The molecule has 0 spiro atoms. The third-order valence-corrected chi connectivity index (χ3v) is 4.47. The van der Waals surface area contributed by atoms with Crippen LogP contribution in [0.4, 0.5) is 18.0 Å². The molecule has 2 N–H and O–H groups in total. The molecule has 1 aliphatic rings. The van der Waals surface area contributed by atoms with Gasteiger partial charge in [0.2, 0.25) is 0 Å². The molecule has 1 aliphatic heterocycles. The van der Waals surface area contributed by atoms with Gasteiger partial charge >= 0.3 is 18.1 Å². The van der Waals surface area contributed by atoms with Crippen LogP contribution in [0.3, 0.4) is 0 Å². The maximum atomic E-state index is 12.8. The normalized spacial score (nSPS) is 14.2. The Kier molecular flexibility index (Phi) is 8.46.